The van der Waals surface area contributed by atoms with E-state index in [2.05, 4.69) is 20.3 Å². The van der Waals surface area contributed by atoms with Crippen molar-refractivity contribution in [3.05, 3.63) is 88.0 Å². The van der Waals surface area contributed by atoms with E-state index < -0.39 is 22.9 Å². The maximum Gasteiger partial charge on any atom is 0.573 e. The van der Waals surface area contributed by atoms with E-state index in [0.717, 1.165) is 17.7 Å². The highest BCUT2D eigenvalue weighted by Gasteiger charge is 2.31. The molecule has 34 heavy (non-hydrogen) atoms. The number of fused-ring (bicyclic) bond motifs is 1. The third-order valence-corrected chi connectivity index (χ3v) is 4.67. The molecule has 0 saturated carbocycles. The van der Waals surface area contributed by atoms with Crippen molar-refractivity contribution in [1.82, 2.24) is 10.2 Å². The lowest BCUT2D eigenvalue weighted by Crippen LogP contribution is -2.17. The molecule has 0 unspecified atom stereocenters. The number of carbonyl (C=O) groups excluding carboxylic acids is 1. The lowest BCUT2D eigenvalue weighted by atomic mass is 10.2. The molecule has 4 aromatic rings. The number of anilines is 1. The molecule has 0 aliphatic carbocycles. The van der Waals surface area contributed by atoms with Crippen molar-refractivity contribution < 1.29 is 32.4 Å². The Kier molecular flexibility index (Phi) is 6.04. The minimum Gasteiger partial charge on any atom is -0.489 e. The Hall–Kier alpha value is -4.61. The summed E-state index contributed by atoms with van der Waals surface area (Å²) in [6.07, 6.45) is -4.82. The van der Waals surface area contributed by atoms with Crippen LogP contribution in [0.4, 0.5) is 24.7 Å². The topological polar surface area (TPSA) is 119 Å². The van der Waals surface area contributed by atoms with Crippen molar-refractivity contribution in [1.29, 1.82) is 0 Å². The number of aromatic nitrogens is 2. The van der Waals surface area contributed by atoms with Crippen LogP contribution in [0.2, 0.25) is 0 Å². The summed E-state index contributed by atoms with van der Waals surface area (Å²) in [6, 6.07) is 15.5. The highest BCUT2D eigenvalue weighted by atomic mass is 19.4. The van der Waals surface area contributed by atoms with Crippen molar-refractivity contribution in [3.8, 4) is 11.5 Å². The van der Waals surface area contributed by atoms with Crippen LogP contribution in [0, 0.1) is 10.1 Å². The van der Waals surface area contributed by atoms with Gasteiger partial charge in [0.2, 0.25) is 0 Å². The number of carbonyl (C=O) groups is 1. The number of hydrogen-bond donors (Lipinski definition) is 2. The molecule has 0 saturated heterocycles. The summed E-state index contributed by atoms with van der Waals surface area (Å²) >= 11 is 0. The Balaban J connectivity index is 1.44. The predicted molar refractivity (Wildman–Crippen MR) is 115 cm³/mol. The number of aromatic amines is 1. The zero-order valence-electron chi connectivity index (χ0n) is 17.1. The number of nitrogens with zero attached hydrogens (tertiary/aromatic N) is 2. The number of ether oxygens (including phenoxy) is 2. The van der Waals surface area contributed by atoms with Gasteiger partial charge in [0, 0.05) is 23.1 Å². The number of rotatable bonds is 7. The van der Waals surface area contributed by atoms with Gasteiger partial charge in [0.05, 0.1) is 10.4 Å². The first-order valence-electron chi connectivity index (χ1n) is 9.69. The number of hydrogen-bond acceptors (Lipinski definition) is 6. The molecular formula is C22H15F3N4O5. The molecule has 0 aliphatic rings. The van der Waals surface area contributed by atoms with Crippen LogP contribution in [0.25, 0.3) is 10.9 Å². The quantitative estimate of drug-likeness (QED) is 0.282. The average Bonchev–Trinajstić information content (AvgIpc) is 3.19. The number of halogens is 3. The Morgan fingerprint density at radius 1 is 1.03 bits per heavy atom. The van der Waals surface area contributed by atoms with Gasteiger partial charge < -0.3 is 14.8 Å². The van der Waals surface area contributed by atoms with Gasteiger partial charge in [-0.3, -0.25) is 20.0 Å². The number of non-ortho nitro benzene ring substituents is 1. The lowest BCUT2D eigenvalue weighted by molar-refractivity contribution is -0.384. The summed E-state index contributed by atoms with van der Waals surface area (Å²) in [5.41, 5.74) is 1.43. The fourth-order valence-electron chi connectivity index (χ4n) is 3.05. The molecule has 2 N–H and O–H groups in total. The number of nitro benzene ring substituents is 1. The van der Waals surface area contributed by atoms with Crippen molar-refractivity contribution in [2.24, 2.45) is 0 Å². The molecule has 3 aromatic carbocycles. The van der Waals surface area contributed by atoms with Crippen LogP contribution >= 0.6 is 0 Å². The Bertz CT molecular complexity index is 1340. The first kappa shape index (κ1) is 22.6. The molecule has 12 heteroatoms. The van der Waals surface area contributed by atoms with Gasteiger partial charge in [-0.25, -0.2) is 0 Å². The van der Waals surface area contributed by atoms with E-state index >= 15 is 0 Å². The number of benzene rings is 3. The fourth-order valence-corrected chi connectivity index (χ4v) is 3.05. The molecule has 0 radical (unpaired) electrons. The smallest absolute Gasteiger partial charge is 0.489 e. The van der Waals surface area contributed by atoms with Gasteiger partial charge in [0.25, 0.3) is 11.6 Å². The number of amides is 1. The van der Waals surface area contributed by atoms with Crippen molar-refractivity contribution in [3.63, 3.8) is 0 Å². The van der Waals surface area contributed by atoms with Gasteiger partial charge in [-0.15, -0.1) is 13.2 Å². The van der Waals surface area contributed by atoms with Crippen molar-refractivity contribution in [2.75, 3.05) is 5.32 Å². The van der Waals surface area contributed by atoms with Gasteiger partial charge in [-0.1, -0.05) is 0 Å². The highest BCUT2D eigenvalue weighted by Crippen LogP contribution is 2.27. The van der Waals surface area contributed by atoms with E-state index in [1.807, 2.05) is 0 Å². The SMILES string of the molecule is O=C(Nc1n[nH]c2ccc(OCc3ccc([N+](=O)[O-])cc3)cc12)c1ccc(OC(F)(F)F)cc1. The van der Waals surface area contributed by atoms with Gasteiger partial charge >= 0.3 is 6.36 Å². The standard InChI is InChI=1S/C22H15F3N4O5/c23-22(24,25)34-16-7-3-14(4-8-16)21(30)26-20-18-11-17(9-10-19(18)27-28-20)33-12-13-1-5-15(6-2-13)29(31)32/h1-11H,12H2,(H2,26,27,28,30). The molecule has 0 aliphatic heterocycles. The minimum absolute atomic E-state index is 0.0218. The van der Waals surface area contributed by atoms with Crippen LogP contribution < -0.4 is 14.8 Å². The molecule has 0 fully saturated rings. The van der Waals surface area contributed by atoms with Crippen LogP contribution in [0.1, 0.15) is 15.9 Å². The van der Waals surface area contributed by atoms with E-state index in [9.17, 15) is 28.1 Å². The molecule has 1 aromatic heterocycles. The average molecular weight is 472 g/mol. The van der Waals surface area contributed by atoms with E-state index in [1.54, 1.807) is 30.3 Å². The second-order valence-electron chi connectivity index (χ2n) is 7.02. The zero-order chi connectivity index (χ0) is 24.3. The van der Waals surface area contributed by atoms with Crippen LogP contribution in [0.3, 0.4) is 0 Å². The van der Waals surface area contributed by atoms with Gasteiger partial charge in [-0.2, -0.15) is 5.10 Å². The van der Waals surface area contributed by atoms with Crippen LogP contribution in [-0.4, -0.2) is 27.4 Å². The highest BCUT2D eigenvalue weighted by molar-refractivity contribution is 6.08. The van der Waals surface area contributed by atoms with E-state index in [-0.39, 0.29) is 23.7 Å². The third kappa shape index (κ3) is 5.41. The summed E-state index contributed by atoms with van der Waals surface area (Å²) in [4.78, 5) is 22.8. The molecule has 0 atom stereocenters. The lowest BCUT2D eigenvalue weighted by Gasteiger charge is -2.09. The molecule has 1 heterocycles. The summed E-state index contributed by atoms with van der Waals surface area (Å²) in [5, 5.41) is 20.7. The molecular weight excluding hydrogens is 457 g/mol. The maximum absolute atomic E-state index is 12.5. The Morgan fingerprint density at radius 3 is 2.35 bits per heavy atom. The summed E-state index contributed by atoms with van der Waals surface area (Å²) in [5.74, 6) is -0.346. The van der Waals surface area contributed by atoms with Crippen molar-refractivity contribution >= 4 is 28.3 Å². The molecule has 0 spiro atoms. The third-order valence-electron chi connectivity index (χ3n) is 4.67. The predicted octanol–water partition coefficient (Wildman–Crippen LogP) is 5.20. The number of alkyl halides is 3. The number of nitro groups is 1. The zero-order valence-corrected chi connectivity index (χ0v) is 17.1. The summed E-state index contributed by atoms with van der Waals surface area (Å²) in [7, 11) is 0. The molecule has 1 amide bonds. The number of H-pyrrole nitrogens is 1. The maximum atomic E-state index is 12.5. The Labute approximate surface area is 189 Å². The van der Waals surface area contributed by atoms with Gasteiger partial charge in [-0.05, 0) is 60.2 Å². The van der Waals surface area contributed by atoms with E-state index in [0.29, 0.717) is 16.7 Å². The van der Waals surface area contributed by atoms with E-state index in [1.165, 1.54) is 24.3 Å². The largest absolute Gasteiger partial charge is 0.573 e. The Morgan fingerprint density at radius 2 is 1.71 bits per heavy atom. The number of nitrogens with one attached hydrogen (secondary N) is 2. The van der Waals surface area contributed by atoms with Crippen LogP contribution in [0.15, 0.2) is 66.7 Å². The molecule has 4 rings (SSSR count). The second kappa shape index (κ2) is 9.10. The first-order chi connectivity index (χ1) is 16.2. The summed E-state index contributed by atoms with van der Waals surface area (Å²) in [6.45, 7) is 0.162. The monoisotopic (exact) mass is 472 g/mol. The second-order valence-corrected chi connectivity index (χ2v) is 7.02. The summed E-state index contributed by atoms with van der Waals surface area (Å²) < 4.78 is 46.4. The minimum atomic E-state index is -4.82. The van der Waals surface area contributed by atoms with Crippen LogP contribution in [0.5, 0.6) is 11.5 Å². The normalized spacial score (nSPS) is 11.3. The van der Waals surface area contributed by atoms with Gasteiger partial charge in [0.15, 0.2) is 5.82 Å². The van der Waals surface area contributed by atoms with E-state index in [4.69, 9.17) is 4.74 Å². The van der Waals surface area contributed by atoms with Crippen molar-refractivity contribution in [2.45, 2.75) is 13.0 Å². The molecule has 0 bridgehead atoms. The molecule has 9 nitrogen and oxygen atoms in total. The fraction of sp³-hybridized carbons (Fsp3) is 0.0909. The van der Waals surface area contributed by atoms with Gasteiger partial charge in [0.1, 0.15) is 18.1 Å². The van der Waals surface area contributed by atoms with Crippen LogP contribution in [-0.2, 0) is 6.61 Å². The molecule has 174 valence electrons. The first-order valence-corrected chi connectivity index (χ1v) is 9.69.